The van der Waals surface area contributed by atoms with Crippen LogP contribution in [0.25, 0.3) is 11.0 Å². The number of methoxy groups -OCH3 is 1. The number of aryl methyl sites for hydroxylation is 1. The minimum Gasteiger partial charge on any atom is -0.494 e. The lowest BCUT2D eigenvalue weighted by molar-refractivity contribution is -0.133. The Labute approximate surface area is 129 Å². The van der Waals surface area contributed by atoms with Crippen LogP contribution in [0.2, 0.25) is 0 Å². The van der Waals surface area contributed by atoms with E-state index < -0.39 is 16.8 Å². The summed E-state index contributed by atoms with van der Waals surface area (Å²) in [6.45, 7) is 0.523. The zero-order chi connectivity index (χ0) is 15.4. The van der Waals surface area contributed by atoms with Gasteiger partial charge in [0.05, 0.1) is 18.4 Å². The molecule has 0 saturated carbocycles. The van der Waals surface area contributed by atoms with Gasteiger partial charge in [-0.25, -0.2) is 4.98 Å². The van der Waals surface area contributed by atoms with Gasteiger partial charge in [-0.3, -0.25) is 9.00 Å². The highest BCUT2D eigenvalue weighted by Crippen LogP contribution is 2.29. The van der Waals surface area contributed by atoms with Gasteiger partial charge in [0.25, 0.3) is 0 Å². The van der Waals surface area contributed by atoms with Crippen molar-refractivity contribution in [2.24, 2.45) is 0 Å². The van der Waals surface area contributed by atoms with Crippen LogP contribution >= 0.6 is 11.8 Å². The van der Waals surface area contributed by atoms with Crippen LogP contribution < -0.4 is 4.74 Å². The van der Waals surface area contributed by atoms with Crippen molar-refractivity contribution >= 4 is 39.6 Å². The number of fused-ring (bicyclic) bond motifs is 1. The highest BCUT2D eigenvalue weighted by atomic mass is 32.2. The standard InChI is InChI=1S/C13H16N2O4S2/c1-19-10-5-3-4-9-12(10)14-13(20-8-11(16)17)15(9)6-7-21(2)18/h3-5H,6-8H2,1-2H3,(H,16,17). The number of imidazole rings is 1. The molecule has 114 valence electrons. The van der Waals surface area contributed by atoms with Crippen LogP contribution in [0.15, 0.2) is 23.4 Å². The molecule has 0 saturated heterocycles. The fourth-order valence-electron chi connectivity index (χ4n) is 1.94. The fourth-order valence-corrected chi connectivity index (χ4v) is 3.13. The van der Waals surface area contributed by atoms with Crippen LogP contribution in [0.5, 0.6) is 5.75 Å². The van der Waals surface area contributed by atoms with Gasteiger partial charge >= 0.3 is 5.97 Å². The van der Waals surface area contributed by atoms with Crippen LogP contribution in [0.3, 0.4) is 0 Å². The minimum atomic E-state index is -0.927. The zero-order valence-corrected chi connectivity index (χ0v) is 13.4. The van der Waals surface area contributed by atoms with Crippen molar-refractivity contribution in [3.8, 4) is 5.75 Å². The van der Waals surface area contributed by atoms with Crippen molar-refractivity contribution < 1.29 is 18.8 Å². The molecule has 1 aromatic carbocycles. The molecule has 0 radical (unpaired) electrons. The van der Waals surface area contributed by atoms with Gasteiger partial charge in [-0.05, 0) is 12.1 Å². The average molecular weight is 328 g/mol. The Morgan fingerprint density at radius 2 is 2.29 bits per heavy atom. The summed E-state index contributed by atoms with van der Waals surface area (Å²) in [4.78, 5) is 15.2. The van der Waals surface area contributed by atoms with E-state index in [1.54, 1.807) is 13.4 Å². The molecule has 1 heterocycles. The Kier molecular flexibility index (Phi) is 5.24. The van der Waals surface area contributed by atoms with E-state index in [-0.39, 0.29) is 5.75 Å². The van der Waals surface area contributed by atoms with E-state index in [4.69, 9.17) is 9.84 Å². The topological polar surface area (TPSA) is 81.4 Å². The summed E-state index contributed by atoms with van der Waals surface area (Å²) in [5, 5.41) is 9.43. The maximum atomic E-state index is 11.3. The first kappa shape index (κ1) is 15.8. The smallest absolute Gasteiger partial charge is 0.313 e. The molecular formula is C13H16N2O4S2. The third kappa shape index (κ3) is 3.76. The van der Waals surface area contributed by atoms with E-state index >= 15 is 0 Å². The lowest BCUT2D eigenvalue weighted by atomic mass is 10.3. The van der Waals surface area contributed by atoms with Crippen molar-refractivity contribution in [3.63, 3.8) is 0 Å². The number of hydrogen-bond acceptors (Lipinski definition) is 5. The predicted octanol–water partition coefficient (Wildman–Crippen LogP) is 1.60. The average Bonchev–Trinajstić information content (AvgIpc) is 2.80. The molecule has 1 N–H and O–H groups in total. The molecule has 21 heavy (non-hydrogen) atoms. The van der Waals surface area contributed by atoms with Crippen LogP contribution in [0.4, 0.5) is 0 Å². The number of hydrogen-bond donors (Lipinski definition) is 1. The minimum absolute atomic E-state index is 0.0686. The van der Waals surface area contributed by atoms with E-state index in [0.717, 1.165) is 17.3 Å². The van der Waals surface area contributed by atoms with Crippen LogP contribution in [0.1, 0.15) is 0 Å². The van der Waals surface area contributed by atoms with Crippen molar-refractivity contribution in [2.45, 2.75) is 11.7 Å². The first-order valence-corrected chi connectivity index (χ1v) is 8.92. The third-order valence-corrected chi connectivity index (χ3v) is 4.57. The highest BCUT2D eigenvalue weighted by Gasteiger charge is 2.15. The first-order valence-electron chi connectivity index (χ1n) is 6.20. The molecule has 0 aliphatic rings. The Morgan fingerprint density at radius 3 is 2.90 bits per heavy atom. The SMILES string of the molecule is COc1cccc2c1nc(SCC(=O)O)n2CCS(C)=O. The molecule has 1 aromatic heterocycles. The number of ether oxygens (including phenoxy) is 1. The molecule has 0 fully saturated rings. The molecular weight excluding hydrogens is 312 g/mol. The lowest BCUT2D eigenvalue weighted by Gasteiger charge is -2.07. The largest absolute Gasteiger partial charge is 0.494 e. The van der Waals surface area contributed by atoms with Gasteiger partial charge in [0.15, 0.2) is 5.16 Å². The second-order valence-corrected chi connectivity index (χ2v) is 6.83. The first-order chi connectivity index (χ1) is 10.0. The summed E-state index contributed by atoms with van der Waals surface area (Å²) in [7, 11) is 0.642. The van der Waals surface area contributed by atoms with Crippen molar-refractivity contribution in [2.75, 3.05) is 24.9 Å². The van der Waals surface area contributed by atoms with Crippen LogP contribution in [-0.2, 0) is 22.1 Å². The number of aromatic nitrogens is 2. The Morgan fingerprint density at radius 1 is 1.52 bits per heavy atom. The van der Waals surface area contributed by atoms with Gasteiger partial charge in [0.1, 0.15) is 11.3 Å². The zero-order valence-electron chi connectivity index (χ0n) is 11.7. The summed E-state index contributed by atoms with van der Waals surface area (Å²) >= 11 is 1.15. The number of aliphatic carboxylic acids is 1. The lowest BCUT2D eigenvalue weighted by Crippen LogP contribution is -2.08. The Hall–Kier alpha value is -1.54. The predicted molar refractivity (Wildman–Crippen MR) is 83.6 cm³/mol. The monoisotopic (exact) mass is 328 g/mol. The number of carboxylic acid groups (broad SMARTS) is 1. The fraction of sp³-hybridized carbons (Fsp3) is 0.385. The molecule has 0 aliphatic carbocycles. The second kappa shape index (κ2) is 6.95. The molecule has 0 bridgehead atoms. The Balaban J connectivity index is 2.45. The number of carbonyl (C=O) groups is 1. The molecule has 0 aliphatic heterocycles. The summed E-state index contributed by atoms with van der Waals surface area (Å²) in [5.41, 5.74) is 1.54. The summed E-state index contributed by atoms with van der Waals surface area (Å²) in [5.74, 6) is 0.162. The molecule has 8 heteroatoms. The summed E-state index contributed by atoms with van der Waals surface area (Å²) < 4.78 is 18.5. The molecule has 1 unspecified atom stereocenters. The van der Waals surface area contributed by atoms with Crippen LogP contribution in [0, 0.1) is 0 Å². The van der Waals surface area contributed by atoms with Crippen molar-refractivity contribution in [1.82, 2.24) is 9.55 Å². The second-order valence-electron chi connectivity index (χ2n) is 4.33. The maximum Gasteiger partial charge on any atom is 0.313 e. The van der Waals surface area contributed by atoms with Gasteiger partial charge in [-0.15, -0.1) is 0 Å². The summed E-state index contributed by atoms with van der Waals surface area (Å²) in [6, 6.07) is 5.56. The van der Waals surface area contributed by atoms with E-state index in [2.05, 4.69) is 4.98 Å². The highest BCUT2D eigenvalue weighted by molar-refractivity contribution is 7.99. The molecule has 1 atom stereocenters. The number of rotatable bonds is 7. The molecule has 0 spiro atoms. The third-order valence-electron chi connectivity index (χ3n) is 2.85. The van der Waals surface area contributed by atoms with E-state index in [1.165, 1.54) is 0 Å². The van der Waals surface area contributed by atoms with E-state index in [0.29, 0.717) is 28.7 Å². The summed E-state index contributed by atoms with van der Waals surface area (Å²) in [6.07, 6.45) is 1.64. The van der Waals surface area contributed by atoms with Gasteiger partial charge in [0, 0.05) is 29.4 Å². The number of carboxylic acids is 1. The quantitative estimate of drug-likeness (QED) is 0.778. The van der Waals surface area contributed by atoms with Gasteiger partial charge < -0.3 is 14.4 Å². The molecule has 6 nitrogen and oxygen atoms in total. The van der Waals surface area contributed by atoms with Crippen molar-refractivity contribution in [1.29, 1.82) is 0 Å². The normalized spacial score (nSPS) is 12.5. The Bertz CT molecular complexity index is 684. The number of benzene rings is 1. The van der Waals surface area contributed by atoms with Gasteiger partial charge in [-0.2, -0.15) is 0 Å². The van der Waals surface area contributed by atoms with Gasteiger partial charge in [0.2, 0.25) is 0 Å². The molecule has 0 amide bonds. The molecule has 2 rings (SSSR count). The van der Waals surface area contributed by atoms with Crippen LogP contribution in [-0.4, -0.2) is 49.7 Å². The number of nitrogens with zero attached hydrogens (tertiary/aromatic N) is 2. The molecule has 2 aromatic rings. The van der Waals surface area contributed by atoms with E-state index in [1.807, 2.05) is 22.8 Å². The van der Waals surface area contributed by atoms with E-state index in [9.17, 15) is 9.00 Å². The number of para-hydroxylation sites is 1. The number of thioether (sulfide) groups is 1. The maximum absolute atomic E-state index is 11.3. The van der Waals surface area contributed by atoms with Crippen molar-refractivity contribution in [3.05, 3.63) is 18.2 Å². The van der Waals surface area contributed by atoms with Gasteiger partial charge in [-0.1, -0.05) is 17.8 Å².